The number of rotatable bonds is 0. The molecule has 0 saturated carbocycles. The van der Waals surface area contributed by atoms with Gasteiger partial charge < -0.3 is 15.3 Å². The molecular weight excluding hydrogens is 324 g/mol. The summed E-state index contributed by atoms with van der Waals surface area (Å²) in [5.74, 6) is 0. The molecule has 0 saturated heterocycles. The summed E-state index contributed by atoms with van der Waals surface area (Å²) in [5.41, 5.74) is 0. The molecule has 0 aromatic carbocycles. The first-order valence-electron chi connectivity index (χ1n) is 1.28. The van der Waals surface area contributed by atoms with Crippen LogP contribution in [0.1, 0.15) is 0 Å². The fourth-order valence-corrected chi connectivity index (χ4v) is 0. The van der Waals surface area contributed by atoms with Crippen LogP contribution in [0.5, 0.6) is 0 Å². The number of hydrogen-bond acceptors (Lipinski definition) is 8. The van der Waals surface area contributed by atoms with Crippen molar-refractivity contribution in [2.24, 2.45) is 0 Å². The van der Waals surface area contributed by atoms with Crippen molar-refractivity contribution in [3.05, 3.63) is 0 Å². The van der Waals surface area contributed by atoms with E-state index in [1.807, 2.05) is 0 Å². The Labute approximate surface area is 130 Å². The van der Waals surface area contributed by atoms with Gasteiger partial charge in [-0.2, -0.15) is 0 Å². The van der Waals surface area contributed by atoms with Crippen LogP contribution in [0.15, 0.2) is 0 Å². The molecule has 0 aliphatic rings. The van der Waals surface area contributed by atoms with Crippen molar-refractivity contribution < 1.29 is 115 Å². The van der Waals surface area contributed by atoms with Gasteiger partial charge in [-0.1, -0.05) is 0 Å². The van der Waals surface area contributed by atoms with E-state index < -0.39 is 23.8 Å². The van der Waals surface area contributed by atoms with Gasteiger partial charge in [0.1, 0.15) is 0 Å². The Kier molecular flexibility index (Phi) is 27.4. The van der Waals surface area contributed by atoms with Crippen LogP contribution in [0, 0.1) is 0 Å². The van der Waals surface area contributed by atoms with Crippen LogP contribution in [0.4, 0.5) is 0 Å². The zero-order valence-electron chi connectivity index (χ0n) is 6.41. The van der Waals surface area contributed by atoms with Crippen LogP contribution in [-0.4, -0.2) is 17.5 Å². The van der Waals surface area contributed by atoms with Crippen LogP contribution in [-0.2, 0) is 48.5 Å². The first-order chi connectivity index (χ1) is 4.00. The molecule has 0 unspecified atom stereocenters. The van der Waals surface area contributed by atoms with Crippen molar-refractivity contribution in [1.29, 1.82) is 0 Å². The van der Waals surface area contributed by atoms with Gasteiger partial charge in [-0.15, -0.1) is 0 Å². The Morgan fingerprint density at radius 2 is 1.00 bits per heavy atom. The van der Waals surface area contributed by atoms with E-state index in [9.17, 15) is 0 Å². The molecule has 0 atom stereocenters. The Morgan fingerprint density at radius 1 is 1.00 bits per heavy atom. The summed E-state index contributed by atoms with van der Waals surface area (Å²) in [6.45, 7) is 0. The average molecular weight is 328 g/mol. The summed E-state index contributed by atoms with van der Waals surface area (Å²) < 4.78 is 68.4. The summed E-state index contributed by atoms with van der Waals surface area (Å²) >= 11 is -5.62. The standard InChI is InChI=1S/Fe.K.Mn.H3N.H2O4S.4O/c;;;;1-5(2,3)4;;;;/h;;;1H3;(H2,1,2,3,4);;;;/q+2;+1;;;;;;2*-1/p-1. The zero-order chi connectivity index (χ0) is 9.00. The molecule has 0 aromatic rings. The molecule has 0 fully saturated rings. The molecule has 0 rings (SSSR count). The maximum absolute atomic E-state index is 8.58. The Bertz CT molecular complexity index is 221. The van der Waals surface area contributed by atoms with Crippen LogP contribution >= 0.6 is 0 Å². The minimum absolute atomic E-state index is 0. The molecule has 9 nitrogen and oxygen atoms in total. The second-order valence-corrected chi connectivity index (χ2v) is 2.78. The van der Waals surface area contributed by atoms with Crippen LogP contribution in [0.25, 0.3) is 0 Å². The molecule has 0 aliphatic carbocycles. The molecule has 0 amide bonds. The van der Waals surface area contributed by atoms with E-state index in [1.165, 1.54) is 0 Å². The molecule has 0 spiro atoms. The van der Waals surface area contributed by atoms with Gasteiger partial charge in [0.25, 0.3) is 0 Å². The normalized spacial score (nSPS) is 8.92. The number of hydrogen-bond donors (Lipinski definition) is 1. The van der Waals surface area contributed by atoms with Gasteiger partial charge in [0.15, 0.2) is 0 Å². The average Bonchev–Trinajstić information content (AvgIpc) is 1.12. The predicted octanol–water partition coefficient (Wildman–Crippen LogP) is -6.58. The van der Waals surface area contributed by atoms with Gasteiger partial charge in [0.05, 0.1) is 0 Å². The van der Waals surface area contributed by atoms with Crippen molar-refractivity contribution in [1.82, 2.24) is 6.15 Å². The third kappa shape index (κ3) is 494. The Balaban J connectivity index is -0.0000000267. The van der Waals surface area contributed by atoms with Crippen LogP contribution in [0.2, 0.25) is 0 Å². The maximum atomic E-state index is 8.58. The summed E-state index contributed by atoms with van der Waals surface area (Å²) in [6, 6.07) is 0. The van der Waals surface area contributed by atoms with E-state index in [4.69, 9.17) is 33.6 Å². The number of quaternary nitrogens is 1. The topological polar surface area (TPSA) is 197 Å². The Morgan fingerprint density at radius 3 is 1.00 bits per heavy atom. The monoisotopic (exact) mass is 328 g/mol. The van der Waals surface area contributed by atoms with Gasteiger partial charge in [0, 0.05) is 10.4 Å². The minimum atomic E-state index is -5.62. The second kappa shape index (κ2) is 12.1. The second-order valence-electron chi connectivity index (χ2n) is 0.786. The van der Waals surface area contributed by atoms with Gasteiger partial charge in [-0.05, 0) is 0 Å². The quantitative estimate of drug-likeness (QED) is 0.257. The molecule has 13 heteroatoms. The van der Waals surface area contributed by atoms with Crippen molar-refractivity contribution in [3.8, 4) is 0 Å². The van der Waals surface area contributed by atoms with E-state index in [1.54, 1.807) is 0 Å². The van der Waals surface area contributed by atoms with E-state index in [0.29, 0.717) is 0 Å². The third-order valence-electron chi connectivity index (χ3n) is 0. The van der Waals surface area contributed by atoms with E-state index in [-0.39, 0.29) is 74.6 Å². The predicted molar refractivity (Wildman–Crippen MR) is 17.8 cm³/mol. The van der Waals surface area contributed by atoms with Crippen LogP contribution in [0.3, 0.4) is 0 Å². The summed E-state index contributed by atoms with van der Waals surface area (Å²) in [7, 11) is -5.17. The van der Waals surface area contributed by atoms with Crippen molar-refractivity contribution >= 4 is 10.4 Å². The van der Waals surface area contributed by atoms with E-state index >= 15 is 0 Å². The molecular formula is H4FeKMnNO8S. The molecule has 0 aromatic heterocycles. The fourth-order valence-electron chi connectivity index (χ4n) is 0. The molecule has 13 heavy (non-hydrogen) atoms. The van der Waals surface area contributed by atoms with Crippen molar-refractivity contribution in [2.45, 2.75) is 0 Å². The van der Waals surface area contributed by atoms with Crippen molar-refractivity contribution in [2.75, 3.05) is 0 Å². The SMILES string of the molecule is O=S(=O)([O-])[O-].[Fe+2].[K+].[NH4+].[O]=[Mn](=[O])([O-])[O-]. The summed E-state index contributed by atoms with van der Waals surface area (Å²) in [6.07, 6.45) is 0. The molecule has 0 radical (unpaired) electrons. The van der Waals surface area contributed by atoms with Gasteiger partial charge in [-0.3, -0.25) is 8.42 Å². The molecule has 0 heterocycles. The molecule has 0 bridgehead atoms. The molecule has 79 valence electrons. The summed E-state index contributed by atoms with van der Waals surface area (Å²) in [4.78, 5) is 0. The first-order valence-corrected chi connectivity index (χ1v) is 4.54. The fraction of sp³-hybridized carbons (Fsp3) is 0. The first kappa shape index (κ1) is 29.4. The van der Waals surface area contributed by atoms with E-state index in [2.05, 4.69) is 0 Å². The molecule has 0 aliphatic heterocycles. The van der Waals surface area contributed by atoms with E-state index in [0.717, 1.165) is 0 Å². The van der Waals surface area contributed by atoms with Crippen molar-refractivity contribution in [3.63, 3.8) is 0 Å². The molecule has 4 N–H and O–H groups in total. The van der Waals surface area contributed by atoms with Gasteiger partial charge in [-0.25, -0.2) is 0 Å². The van der Waals surface area contributed by atoms with Crippen LogP contribution < -0.4 is 65.9 Å². The van der Waals surface area contributed by atoms with Gasteiger partial charge in [0.2, 0.25) is 0 Å². The zero-order valence-corrected chi connectivity index (χ0v) is 12.6. The summed E-state index contributed by atoms with van der Waals surface area (Å²) in [5, 5.41) is 0. The van der Waals surface area contributed by atoms with Gasteiger partial charge >= 0.3 is 97.9 Å². The Hall–Kier alpha value is 2.03. The third-order valence-corrected chi connectivity index (χ3v) is 0.